The lowest BCUT2D eigenvalue weighted by atomic mass is 9.86. The zero-order valence-corrected chi connectivity index (χ0v) is 12.2. The smallest absolute Gasteiger partial charge is 0.122 e. The van der Waals surface area contributed by atoms with Gasteiger partial charge in [-0.25, -0.2) is 0 Å². The number of rotatable bonds is 8. The molecule has 0 bridgehead atoms. The number of nitrogens with one attached hydrogen (secondary N) is 1. The van der Waals surface area contributed by atoms with E-state index >= 15 is 0 Å². The molecule has 0 spiro atoms. The second-order valence-corrected chi connectivity index (χ2v) is 4.97. The maximum atomic E-state index is 5.44. The van der Waals surface area contributed by atoms with Crippen molar-refractivity contribution in [3.8, 4) is 5.75 Å². The fraction of sp³-hybridized carbons (Fsp3) is 0.625. The van der Waals surface area contributed by atoms with E-state index in [2.05, 4.69) is 44.3 Å². The summed E-state index contributed by atoms with van der Waals surface area (Å²) >= 11 is 0. The van der Waals surface area contributed by atoms with E-state index < -0.39 is 0 Å². The third kappa shape index (κ3) is 4.34. The third-order valence-corrected chi connectivity index (χ3v) is 3.78. The van der Waals surface area contributed by atoms with Crippen LogP contribution in [0.1, 0.15) is 32.8 Å². The van der Waals surface area contributed by atoms with Gasteiger partial charge in [-0.1, -0.05) is 45.4 Å². The Hall–Kier alpha value is -1.02. The molecule has 0 amide bonds. The molecule has 1 rings (SSSR count). The molecule has 0 aliphatic rings. The molecule has 1 N–H and O–H groups in total. The van der Waals surface area contributed by atoms with Crippen LogP contribution in [0.15, 0.2) is 24.3 Å². The minimum absolute atomic E-state index is 0.672. The fourth-order valence-corrected chi connectivity index (χ4v) is 2.29. The van der Waals surface area contributed by atoms with Gasteiger partial charge in [0.1, 0.15) is 5.75 Å². The molecule has 2 unspecified atom stereocenters. The molecule has 1 aromatic carbocycles. The van der Waals surface area contributed by atoms with E-state index in [1.165, 1.54) is 12.0 Å². The van der Waals surface area contributed by atoms with Crippen molar-refractivity contribution in [1.82, 2.24) is 5.32 Å². The molecule has 0 radical (unpaired) electrons. The van der Waals surface area contributed by atoms with Gasteiger partial charge in [0.05, 0.1) is 7.11 Å². The first kappa shape index (κ1) is 15.0. The van der Waals surface area contributed by atoms with E-state index in [1.807, 2.05) is 6.07 Å². The van der Waals surface area contributed by atoms with E-state index in [-0.39, 0.29) is 0 Å². The monoisotopic (exact) mass is 249 g/mol. The molecule has 2 nitrogen and oxygen atoms in total. The molecule has 0 aromatic heterocycles. The predicted molar refractivity (Wildman–Crippen MR) is 78.2 cm³/mol. The maximum Gasteiger partial charge on any atom is 0.122 e. The zero-order valence-electron chi connectivity index (χ0n) is 12.2. The lowest BCUT2D eigenvalue weighted by Gasteiger charge is -2.24. The SMILES string of the molecule is CCNCC(Cc1ccccc1OC)C(C)CC. The molecule has 2 heteroatoms. The second kappa shape index (κ2) is 8.15. The quantitative estimate of drug-likeness (QED) is 0.761. The number of benzene rings is 1. The summed E-state index contributed by atoms with van der Waals surface area (Å²) in [6, 6.07) is 8.36. The molecule has 0 aliphatic carbocycles. The van der Waals surface area contributed by atoms with Crippen LogP contribution in [0.4, 0.5) is 0 Å². The molecule has 0 saturated heterocycles. The maximum absolute atomic E-state index is 5.44. The largest absolute Gasteiger partial charge is 0.496 e. The Balaban J connectivity index is 2.74. The van der Waals surface area contributed by atoms with Crippen molar-refractivity contribution < 1.29 is 4.74 Å². The zero-order chi connectivity index (χ0) is 13.4. The summed E-state index contributed by atoms with van der Waals surface area (Å²) in [5.74, 6) is 2.42. The molecule has 0 heterocycles. The van der Waals surface area contributed by atoms with Gasteiger partial charge in [0.15, 0.2) is 0 Å². The van der Waals surface area contributed by atoms with Crippen LogP contribution in [0.3, 0.4) is 0 Å². The highest BCUT2D eigenvalue weighted by Gasteiger charge is 2.17. The average molecular weight is 249 g/mol. The van der Waals surface area contributed by atoms with Crippen LogP contribution in [-0.2, 0) is 6.42 Å². The van der Waals surface area contributed by atoms with Crippen molar-refractivity contribution in [3.63, 3.8) is 0 Å². The van der Waals surface area contributed by atoms with Crippen LogP contribution in [0.25, 0.3) is 0 Å². The van der Waals surface area contributed by atoms with Gasteiger partial charge >= 0.3 is 0 Å². The summed E-state index contributed by atoms with van der Waals surface area (Å²) in [5, 5.41) is 3.48. The van der Waals surface area contributed by atoms with Gasteiger partial charge in [-0.3, -0.25) is 0 Å². The Morgan fingerprint density at radius 2 is 1.94 bits per heavy atom. The second-order valence-electron chi connectivity index (χ2n) is 4.97. The van der Waals surface area contributed by atoms with Crippen LogP contribution < -0.4 is 10.1 Å². The molecular weight excluding hydrogens is 222 g/mol. The van der Waals surface area contributed by atoms with Crippen molar-refractivity contribution >= 4 is 0 Å². The van der Waals surface area contributed by atoms with Crippen molar-refractivity contribution in [3.05, 3.63) is 29.8 Å². The van der Waals surface area contributed by atoms with Crippen molar-refractivity contribution in [1.29, 1.82) is 0 Å². The summed E-state index contributed by atoms with van der Waals surface area (Å²) in [5.41, 5.74) is 1.32. The number of methoxy groups -OCH3 is 1. The van der Waals surface area contributed by atoms with Crippen LogP contribution in [0, 0.1) is 11.8 Å². The summed E-state index contributed by atoms with van der Waals surface area (Å²) < 4.78 is 5.44. The van der Waals surface area contributed by atoms with Gasteiger partial charge in [-0.2, -0.15) is 0 Å². The first-order valence-electron chi connectivity index (χ1n) is 7.05. The number of ether oxygens (including phenoxy) is 1. The summed E-state index contributed by atoms with van der Waals surface area (Å²) in [4.78, 5) is 0. The van der Waals surface area contributed by atoms with Gasteiger partial charge < -0.3 is 10.1 Å². The minimum atomic E-state index is 0.672. The lowest BCUT2D eigenvalue weighted by Crippen LogP contribution is -2.28. The third-order valence-electron chi connectivity index (χ3n) is 3.78. The Morgan fingerprint density at radius 1 is 1.22 bits per heavy atom. The highest BCUT2D eigenvalue weighted by Crippen LogP contribution is 2.25. The van der Waals surface area contributed by atoms with Crippen molar-refractivity contribution in [2.24, 2.45) is 11.8 Å². The van der Waals surface area contributed by atoms with E-state index in [1.54, 1.807) is 7.11 Å². The molecule has 18 heavy (non-hydrogen) atoms. The van der Waals surface area contributed by atoms with Crippen molar-refractivity contribution in [2.75, 3.05) is 20.2 Å². The number of hydrogen-bond acceptors (Lipinski definition) is 2. The molecule has 102 valence electrons. The Kier molecular flexibility index (Phi) is 6.81. The fourth-order valence-electron chi connectivity index (χ4n) is 2.29. The van der Waals surface area contributed by atoms with Gasteiger partial charge in [0.25, 0.3) is 0 Å². The molecule has 1 aromatic rings. The lowest BCUT2D eigenvalue weighted by molar-refractivity contribution is 0.325. The van der Waals surface area contributed by atoms with Gasteiger partial charge in [0.2, 0.25) is 0 Å². The molecule has 0 fully saturated rings. The van der Waals surface area contributed by atoms with E-state index in [9.17, 15) is 0 Å². The first-order chi connectivity index (χ1) is 8.72. The topological polar surface area (TPSA) is 21.3 Å². The Bertz CT molecular complexity index is 338. The standard InChI is InChI=1S/C16H27NO/c1-5-13(3)15(12-17-6-2)11-14-9-7-8-10-16(14)18-4/h7-10,13,15,17H,5-6,11-12H2,1-4H3. The van der Waals surface area contributed by atoms with E-state index in [0.717, 1.165) is 31.2 Å². The van der Waals surface area contributed by atoms with Crippen molar-refractivity contribution in [2.45, 2.75) is 33.6 Å². The highest BCUT2D eigenvalue weighted by atomic mass is 16.5. The molecule has 2 atom stereocenters. The first-order valence-corrected chi connectivity index (χ1v) is 7.05. The Morgan fingerprint density at radius 3 is 2.56 bits per heavy atom. The summed E-state index contributed by atoms with van der Waals surface area (Å²) in [7, 11) is 1.75. The predicted octanol–water partition coefficient (Wildman–Crippen LogP) is 3.51. The molecule has 0 saturated carbocycles. The summed E-state index contributed by atoms with van der Waals surface area (Å²) in [6.45, 7) is 8.91. The van der Waals surface area contributed by atoms with Crippen LogP contribution in [0.2, 0.25) is 0 Å². The summed E-state index contributed by atoms with van der Waals surface area (Å²) in [6.07, 6.45) is 2.32. The number of para-hydroxylation sites is 1. The minimum Gasteiger partial charge on any atom is -0.496 e. The van der Waals surface area contributed by atoms with Crippen LogP contribution in [-0.4, -0.2) is 20.2 Å². The van der Waals surface area contributed by atoms with E-state index in [0.29, 0.717) is 5.92 Å². The van der Waals surface area contributed by atoms with Crippen LogP contribution in [0.5, 0.6) is 5.75 Å². The molecule has 0 aliphatic heterocycles. The van der Waals surface area contributed by atoms with E-state index in [4.69, 9.17) is 4.74 Å². The number of hydrogen-bond donors (Lipinski definition) is 1. The molecular formula is C16H27NO. The van der Waals surface area contributed by atoms with Gasteiger partial charge in [0, 0.05) is 0 Å². The van der Waals surface area contributed by atoms with Crippen LogP contribution >= 0.6 is 0 Å². The Labute approximate surface area is 112 Å². The average Bonchev–Trinajstić information content (AvgIpc) is 2.42. The van der Waals surface area contributed by atoms with Gasteiger partial charge in [-0.15, -0.1) is 0 Å². The highest BCUT2D eigenvalue weighted by molar-refractivity contribution is 5.33. The normalized spacial score (nSPS) is 14.2. The van der Waals surface area contributed by atoms with Gasteiger partial charge in [-0.05, 0) is 43.0 Å².